The van der Waals surface area contributed by atoms with Crippen LogP contribution in [0.25, 0.3) is 0 Å². The second-order valence-electron chi connectivity index (χ2n) is 7.71. The molecule has 0 spiro atoms. The smallest absolute Gasteiger partial charge is 0.230 e. The Bertz CT molecular complexity index is 526. The number of carbonyl (C=O) groups excluding carboxylic acids is 2. The first kappa shape index (κ1) is 20.5. The van der Waals surface area contributed by atoms with Crippen LogP contribution in [0.3, 0.4) is 0 Å². The largest absolute Gasteiger partial charge is 0.357 e. The first-order valence-corrected chi connectivity index (χ1v) is 9.96. The van der Waals surface area contributed by atoms with Crippen LogP contribution < -0.4 is 10.6 Å². The molecule has 0 aromatic heterocycles. The van der Waals surface area contributed by atoms with Crippen molar-refractivity contribution < 1.29 is 9.59 Å². The summed E-state index contributed by atoms with van der Waals surface area (Å²) in [6.45, 7) is 6.74. The van der Waals surface area contributed by atoms with Gasteiger partial charge in [0.05, 0.1) is 12.0 Å². The number of hydrogen-bond acceptors (Lipinski definition) is 3. The van der Waals surface area contributed by atoms with Gasteiger partial charge in [-0.15, -0.1) is 0 Å². The predicted molar refractivity (Wildman–Crippen MR) is 104 cm³/mol. The maximum atomic E-state index is 12.7. The molecule has 2 rings (SSSR count). The van der Waals surface area contributed by atoms with Crippen molar-refractivity contribution in [3.8, 4) is 0 Å². The Morgan fingerprint density at radius 3 is 2.50 bits per heavy atom. The molecule has 1 atom stereocenters. The van der Waals surface area contributed by atoms with E-state index in [9.17, 15) is 9.59 Å². The van der Waals surface area contributed by atoms with Gasteiger partial charge in [-0.1, -0.05) is 19.8 Å². The van der Waals surface area contributed by atoms with Gasteiger partial charge in [0.25, 0.3) is 0 Å². The molecule has 1 saturated carbocycles. The summed E-state index contributed by atoms with van der Waals surface area (Å²) >= 11 is 0. The number of nitrogens with one attached hydrogen (secondary N) is 2. The third-order valence-electron chi connectivity index (χ3n) is 5.49. The molecular formula is C19H35N5O2. The number of guanidine groups is 1. The van der Waals surface area contributed by atoms with Crippen molar-refractivity contribution in [3.05, 3.63) is 0 Å². The zero-order valence-electron chi connectivity index (χ0n) is 16.8. The van der Waals surface area contributed by atoms with Gasteiger partial charge in [0.1, 0.15) is 0 Å². The van der Waals surface area contributed by atoms with E-state index in [1.165, 1.54) is 0 Å². The second kappa shape index (κ2) is 9.24. The lowest BCUT2D eigenvalue weighted by Crippen LogP contribution is -2.46. The summed E-state index contributed by atoms with van der Waals surface area (Å²) in [7, 11) is 3.65. The van der Waals surface area contributed by atoms with Crippen LogP contribution in [-0.2, 0) is 9.59 Å². The molecule has 2 fully saturated rings. The first-order chi connectivity index (χ1) is 12.4. The molecule has 1 unspecified atom stereocenters. The number of hydrogen-bond donors (Lipinski definition) is 2. The van der Waals surface area contributed by atoms with Gasteiger partial charge in [-0.05, 0) is 26.2 Å². The van der Waals surface area contributed by atoms with Crippen LogP contribution in [0.4, 0.5) is 0 Å². The number of aliphatic imine (C=N–C) groups is 1. The molecule has 0 aromatic rings. The van der Waals surface area contributed by atoms with E-state index in [0.29, 0.717) is 13.0 Å². The maximum Gasteiger partial charge on any atom is 0.230 e. The second-order valence-corrected chi connectivity index (χ2v) is 7.71. The quantitative estimate of drug-likeness (QED) is 0.548. The number of carbonyl (C=O) groups is 2. The lowest BCUT2D eigenvalue weighted by Gasteiger charge is -2.29. The molecule has 2 amide bonds. The zero-order chi connectivity index (χ0) is 19.2. The van der Waals surface area contributed by atoms with Crippen molar-refractivity contribution in [2.75, 3.05) is 40.3 Å². The van der Waals surface area contributed by atoms with Crippen LogP contribution in [0, 0.1) is 5.41 Å². The van der Waals surface area contributed by atoms with Crippen LogP contribution in [0.1, 0.15) is 52.4 Å². The molecular weight excluding hydrogens is 330 g/mol. The SMILES string of the molecule is CCNC(=NCC1(C(=O)N(C)C)CCCC1)NC1CCN(C(=O)CC)C1. The summed E-state index contributed by atoms with van der Waals surface area (Å²) in [5.74, 6) is 1.15. The minimum atomic E-state index is -0.355. The molecule has 0 aromatic carbocycles. The van der Waals surface area contributed by atoms with Crippen LogP contribution in [-0.4, -0.2) is 73.9 Å². The Labute approximate surface area is 157 Å². The average Bonchev–Trinajstić information content (AvgIpc) is 3.28. The van der Waals surface area contributed by atoms with Crippen LogP contribution in [0.2, 0.25) is 0 Å². The predicted octanol–water partition coefficient (Wildman–Crippen LogP) is 1.20. The van der Waals surface area contributed by atoms with Crippen LogP contribution in [0.15, 0.2) is 4.99 Å². The first-order valence-electron chi connectivity index (χ1n) is 9.96. The highest BCUT2D eigenvalue weighted by atomic mass is 16.2. The van der Waals surface area contributed by atoms with E-state index >= 15 is 0 Å². The summed E-state index contributed by atoms with van der Waals surface area (Å²) in [5, 5.41) is 6.74. The number of rotatable bonds is 6. The number of nitrogens with zero attached hydrogens (tertiary/aromatic N) is 3. The monoisotopic (exact) mass is 365 g/mol. The summed E-state index contributed by atoms with van der Waals surface area (Å²) in [6.07, 6.45) is 5.49. The van der Waals surface area contributed by atoms with Crippen LogP contribution in [0.5, 0.6) is 0 Å². The molecule has 2 aliphatic rings. The van der Waals surface area contributed by atoms with Gasteiger partial charge >= 0.3 is 0 Å². The van der Waals surface area contributed by atoms with Crippen molar-refractivity contribution in [1.29, 1.82) is 0 Å². The molecule has 0 radical (unpaired) electrons. The van der Waals surface area contributed by atoms with Gasteiger partial charge in [-0.2, -0.15) is 0 Å². The summed E-state index contributed by atoms with van der Waals surface area (Å²) < 4.78 is 0. The Kier molecular flexibility index (Phi) is 7.29. The van der Waals surface area contributed by atoms with Gasteiger partial charge in [0, 0.05) is 46.2 Å². The Balaban J connectivity index is 2.02. The van der Waals surface area contributed by atoms with Crippen molar-refractivity contribution in [1.82, 2.24) is 20.4 Å². The van der Waals surface area contributed by atoms with E-state index in [1.54, 1.807) is 4.90 Å². The fourth-order valence-corrected chi connectivity index (χ4v) is 4.04. The fraction of sp³-hybridized carbons (Fsp3) is 0.842. The van der Waals surface area contributed by atoms with Crippen molar-refractivity contribution in [2.45, 2.75) is 58.4 Å². The third kappa shape index (κ3) is 4.89. The van der Waals surface area contributed by atoms with Crippen molar-refractivity contribution in [2.24, 2.45) is 10.4 Å². The molecule has 1 aliphatic carbocycles. The van der Waals surface area contributed by atoms with E-state index in [2.05, 4.69) is 10.6 Å². The molecule has 26 heavy (non-hydrogen) atoms. The highest BCUT2D eigenvalue weighted by Gasteiger charge is 2.42. The molecule has 1 heterocycles. The van der Waals surface area contributed by atoms with Gasteiger partial charge in [0.15, 0.2) is 5.96 Å². The fourth-order valence-electron chi connectivity index (χ4n) is 4.04. The van der Waals surface area contributed by atoms with E-state index in [-0.39, 0.29) is 23.3 Å². The lowest BCUT2D eigenvalue weighted by atomic mass is 9.85. The van der Waals surface area contributed by atoms with E-state index in [0.717, 1.165) is 57.7 Å². The zero-order valence-corrected chi connectivity index (χ0v) is 16.8. The molecule has 148 valence electrons. The lowest BCUT2D eigenvalue weighted by molar-refractivity contribution is -0.138. The number of amides is 2. The molecule has 7 nitrogen and oxygen atoms in total. The summed E-state index contributed by atoms with van der Waals surface area (Å²) in [6, 6.07) is 0.215. The number of likely N-dealkylation sites (tertiary alicyclic amines) is 1. The van der Waals surface area contributed by atoms with Gasteiger partial charge in [-0.25, -0.2) is 0 Å². The molecule has 1 aliphatic heterocycles. The third-order valence-corrected chi connectivity index (χ3v) is 5.49. The topological polar surface area (TPSA) is 77.0 Å². The Morgan fingerprint density at radius 1 is 1.23 bits per heavy atom. The molecule has 1 saturated heterocycles. The highest BCUT2D eigenvalue weighted by molar-refractivity contribution is 5.84. The minimum absolute atomic E-state index is 0.190. The van der Waals surface area contributed by atoms with Gasteiger partial charge in [-0.3, -0.25) is 14.6 Å². The average molecular weight is 366 g/mol. The van der Waals surface area contributed by atoms with E-state index in [4.69, 9.17) is 4.99 Å². The Hall–Kier alpha value is -1.79. The van der Waals surface area contributed by atoms with Crippen LogP contribution >= 0.6 is 0 Å². The van der Waals surface area contributed by atoms with E-state index in [1.807, 2.05) is 32.8 Å². The Morgan fingerprint density at radius 2 is 1.92 bits per heavy atom. The summed E-state index contributed by atoms with van der Waals surface area (Å²) in [4.78, 5) is 32.9. The molecule has 7 heteroatoms. The normalized spacial score (nSPS) is 22.4. The van der Waals surface area contributed by atoms with Gasteiger partial charge in [0.2, 0.25) is 11.8 Å². The van der Waals surface area contributed by atoms with E-state index < -0.39 is 0 Å². The molecule has 2 N–H and O–H groups in total. The minimum Gasteiger partial charge on any atom is -0.357 e. The van der Waals surface area contributed by atoms with Crippen molar-refractivity contribution >= 4 is 17.8 Å². The highest BCUT2D eigenvalue weighted by Crippen LogP contribution is 2.39. The maximum absolute atomic E-state index is 12.7. The standard InChI is InChI=1S/C19H35N5O2/c1-5-16(25)24-12-9-15(13-24)22-18(20-6-2)21-14-19(10-7-8-11-19)17(26)23(3)4/h15H,5-14H2,1-4H3,(H2,20,21,22). The summed E-state index contributed by atoms with van der Waals surface area (Å²) in [5.41, 5.74) is -0.355. The van der Waals surface area contributed by atoms with Gasteiger partial charge < -0.3 is 20.4 Å². The van der Waals surface area contributed by atoms with Crippen molar-refractivity contribution in [3.63, 3.8) is 0 Å². The molecule has 0 bridgehead atoms.